The predicted molar refractivity (Wildman–Crippen MR) is 62.6 cm³/mol. The van der Waals surface area contributed by atoms with E-state index >= 15 is 0 Å². The Kier molecular flexibility index (Phi) is 4.99. The number of hydrogen-bond acceptors (Lipinski definition) is 3. The first kappa shape index (κ1) is 12.7. The van der Waals surface area contributed by atoms with Crippen LogP contribution in [-0.4, -0.2) is 22.1 Å². The molecule has 0 radical (unpaired) electrons. The van der Waals surface area contributed by atoms with Crippen LogP contribution in [0.15, 0.2) is 24.3 Å². The molecule has 88 valence electrons. The largest absolute Gasteiger partial charge is 0.508 e. The van der Waals surface area contributed by atoms with Crippen LogP contribution in [0, 0.1) is 0 Å². The van der Waals surface area contributed by atoms with Gasteiger partial charge < -0.3 is 10.2 Å². The first-order valence-electron chi connectivity index (χ1n) is 5.63. The Morgan fingerprint density at radius 2 is 1.94 bits per heavy atom. The SMILES string of the molecule is CCC(O)CCCC(=O)c1ccc(O)cc1. The third-order valence-electron chi connectivity index (χ3n) is 2.60. The number of hydrogen-bond donors (Lipinski definition) is 2. The average Bonchev–Trinajstić information content (AvgIpc) is 2.29. The van der Waals surface area contributed by atoms with Gasteiger partial charge in [0.25, 0.3) is 0 Å². The van der Waals surface area contributed by atoms with Gasteiger partial charge in [0.2, 0.25) is 0 Å². The first-order valence-corrected chi connectivity index (χ1v) is 5.63. The molecule has 1 aromatic carbocycles. The molecule has 0 spiro atoms. The van der Waals surface area contributed by atoms with Gasteiger partial charge in [0.1, 0.15) is 5.75 Å². The van der Waals surface area contributed by atoms with Crippen LogP contribution in [0.5, 0.6) is 5.75 Å². The van der Waals surface area contributed by atoms with Crippen molar-refractivity contribution in [2.24, 2.45) is 0 Å². The number of carbonyl (C=O) groups is 1. The molecule has 1 unspecified atom stereocenters. The lowest BCUT2D eigenvalue weighted by Gasteiger charge is -2.06. The highest BCUT2D eigenvalue weighted by Gasteiger charge is 2.07. The van der Waals surface area contributed by atoms with Crippen LogP contribution in [0.1, 0.15) is 43.0 Å². The zero-order valence-corrected chi connectivity index (χ0v) is 9.52. The fraction of sp³-hybridized carbons (Fsp3) is 0.462. The fourth-order valence-corrected chi connectivity index (χ4v) is 1.49. The molecule has 0 saturated carbocycles. The minimum atomic E-state index is -0.299. The minimum Gasteiger partial charge on any atom is -0.508 e. The molecule has 16 heavy (non-hydrogen) atoms. The number of aromatic hydroxyl groups is 1. The third-order valence-corrected chi connectivity index (χ3v) is 2.60. The molecule has 0 amide bonds. The number of benzene rings is 1. The number of Topliss-reactive ketones (excluding diaryl/α,β-unsaturated/α-hetero) is 1. The molecule has 0 aliphatic carbocycles. The molecule has 0 aromatic heterocycles. The van der Waals surface area contributed by atoms with E-state index in [1.54, 1.807) is 12.1 Å². The molecule has 2 N–H and O–H groups in total. The number of phenols is 1. The van der Waals surface area contributed by atoms with Crippen molar-refractivity contribution < 1.29 is 15.0 Å². The summed E-state index contributed by atoms with van der Waals surface area (Å²) in [5, 5.41) is 18.4. The molecule has 1 atom stereocenters. The summed E-state index contributed by atoms with van der Waals surface area (Å²) in [7, 11) is 0. The highest BCUT2D eigenvalue weighted by atomic mass is 16.3. The second-order valence-electron chi connectivity index (χ2n) is 3.92. The van der Waals surface area contributed by atoms with Crippen molar-refractivity contribution in [3.05, 3.63) is 29.8 Å². The number of ketones is 1. The molecular weight excluding hydrogens is 204 g/mol. The second-order valence-corrected chi connectivity index (χ2v) is 3.92. The van der Waals surface area contributed by atoms with Crippen LogP contribution in [0.3, 0.4) is 0 Å². The molecule has 1 rings (SSSR count). The van der Waals surface area contributed by atoms with Crippen molar-refractivity contribution >= 4 is 5.78 Å². The van der Waals surface area contributed by atoms with Gasteiger partial charge in [-0.05, 0) is 43.5 Å². The standard InChI is InChI=1S/C13H18O3/c1-2-11(14)4-3-5-13(16)10-6-8-12(15)9-7-10/h6-9,11,14-15H,2-5H2,1H3. The van der Waals surface area contributed by atoms with E-state index < -0.39 is 0 Å². The van der Waals surface area contributed by atoms with Gasteiger partial charge in [-0.2, -0.15) is 0 Å². The molecule has 3 heteroatoms. The van der Waals surface area contributed by atoms with E-state index in [1.165, 1.54) is 12.1 Å². The summed E-state index contributed by atoms with van der Waals surface area (Å²) in [4.78, 5) is 11.7. The van der Waals surface area contributed by atoms with Gasteiger partial charge in [-0.15, -0.1) is 0 Å². The van der Waals surface area contributed by atoms with E-state index in [0.717, 1.165) is 6.42 Å². The van der Waals surface area contributed by atoms with E-state index in [-0.39, 0.29) is 17.6 Å². The van der Waals surface area contributed by atoms with Crippen LogP contribution < -0.4 is 0 Å². The fourth-order valence-electron chi connectivity index (χ4n) is 1.49. The van der Waals surface area contributed by atoms with E-state index in [9.17, 15) is 9.90 Å². The third kappa shape index (κ3) is 4.03. The predicted octanol–water partition coefficient (Wildman–Crippen LogP) is 2.52. The van der Waals surface area contributed by atoms with Gasteiger partial charge in [0, 0.05) is 12.0 Å². The lowest BCUT2D eigenvalue weighted by atomic mass is 10.0. The highest BCUT2D eigenvalue weighted by molar-refractivity contribution is 5.96. The van der Waals surface area contributed by atoms with Crippen molar-refractivity contribution in [3.8, 4) is 5.75 Å². The Hall–Kier alpha value is -1.35. The summed E-state index contributed by atoms with van der Waals surface area (Å²) in [6.07, 6.45) is 2.25. The average molecular weight is 222 g/mol. The maximum Gasteiger partial charge on any atom is 0.162 e. The molecule has 0 aliphatic rings. The molecule has 0 heterocycles. The van der Waals surface area contributed by atoms with Crippen molar-refractivity contribution in [1.82, 2.24) is 0 Å². The van der Waals surface area contributed by atoms with Gasteiger partial charge >= 0.3 is 0 Å². The Labute approximate surface area is 95.7 Å². The summed E-state index contributed by atoms with van der Waals surface area (Å²) in [6.45, 7) is 1.92. The molecule has 0 fully saturated rings. The zero-order valence-electron chi connectivity index (χ0n) is 9.52. The van der Waals surface area contributed by atoms with Crippen molar-refractivity contribution in [2.45, 2.75) is 38.7 Å². The number of rotatable bonds is 6. The van der Waals surface area contributed by atoms with Gasteiger partial charge in [0.15, 0.2) is 5.78 Å². The van der Waals surface area contributed by atoms with Gasteiger partial charge in [-0.3, -0.25) is 4.79 Å². The maximum atomic E-state index is 11.7. The van der Waals surface area contributed by atoms with Crippen LogP contribution in [-0.2, 0) is 0 Å². The van der Waals surface area contributed by atoms with E-state index in [2.05, 4.69) is 0 Å². The van der Waals surface area contributed by atoms with E-state index in [0.29, 0.717) is 24.8 Å². The molecule has 0 saturated heterocycles. The number of aliphatic hydroxyl groups is 1. The van der Waals surface area contributed by atoms with Gasteiger partial charge in [0.05, 0.1) is 6.10 Å². The minimum absolute atomic E-state index is 0.0586. The van der Waals surface area contributed by atoms with Crippen molar-refractivity contribution in [2.75, 3.05) is 0 Å². The van der Waals surface area contributed by atoms with Crippen molar-refractivity contribution in [1.29, 1.82) is 0 Å². The quantitative estimate of drug-likeness (QED) is 0.727. The maximum absolute atomic E-state index is 11.7. The second kappa shape index (κ2) is 6.28. The van der Waals surface area contributed by atoms with Crippen LogP contribution in [0.4, 0.5) is 0 Å². The summed E-state index contributed by atoms with van der Waals surface area (Å²) in [5.41, 5.74) is 0.615. The Morgan fingerprint density at radius 3 is 2.50 bits per heavy atom. The lowest BCUT2D eigenvalue weighted by molar-refractivity contribution is 0.0968. The molecule has 0 bridgehead atoms. The van der Waals surface area contributed by atoms with Crippen LogP contribution >= 0.6 is 0 Å². The lowest BCUT2D eigenvalue weighted by Crippen LogP contribution is -2.06. The summed E-state index contributed by atoms with van der Waals surface area (Å²) < 4.78 is 0. The normalized spacial score (nSPS) is 12.4. The molecular formula is C13H18O3. The zero-order chi connectivity index (χ0) is 12.0. The molecule has 3 nitrogen and oxygen atoms in total. The number of aliphatic hydroxyl groups excluding tert-OH is 1. The highest BCUT2D eigenvalue weighted by Crippen LogP contribution is 2.13. The summed E-state index contributed by atoms with van der Waals surface area (Å²) in [6, 6.07) is 6.25. The molecule has 0 aliphatic heterocycles. The van der Waals surface area contributed by atoms with Crippen molar-refractivity contribution in [3.63, 3.8) is 0 Å². The first-order chi connectivity index (χ1) is 7.63. The summed E-state index contributed by atoms with van der Waals surface area (Å²) >= 11 is 0. The number of carbonyl (C=O) groups excluding carboxylic acids is 1. The van der Waals surface area contributed by atoms with Gasteiger partial charge in [-0.25, -0.2) is 0 Å². The summed E-state index contributed by atoms with van der Waals surface area (Å²) in [5.74, 6) is 0.223. The van der Waals surface area contributed by atoms with E-state index in [4.69, 9.17) is 5.11 Å². The Balaban J connectivity index is 2.38. The van der Waals surface area contributed by atoms with E-state index in [1.807, 2.05) is 6.92 Å². The van der Waals surface area contributed by atoms with Crippen LogP contribution in [0.2, 0.25) is 0 Å². The molecule has 1 aromatic rings. The Morgan fingerprint density at radius 1 is 1.31 bits per heavy atom. The van der Waals surface area contributed by atoms with Gasteiger partial charge in [-0.1, -0.05) is 6.92 Å². The Bertz CT molecular complexity index is 330. The smallest absolute Gasteiger partial charge is 0.162 e. The monoisotopic (exact) mass is 222 g/mol. The topological polar surface area (TPSA) is 57.5 Å². The van der Waals surface area contributed by atoms with Crippen LogP contribution in [0.25, 0.3) is 0 Å². The number of phenolic OH excluding ortho intramolecular Hbond substituents is 1.